The Morgan fingerprint density at radius 1 is 0.882 bits per heavy atom. The summed E-state index contributed by atoms with van der Waals surface area (Å²) in [5, 5.41) is 8.66. The number of unbranched alkanes of at least 4 members (excludes halogenated alkanes) is 3. The smallest absolute Gasteiger partial charge is 0.409 e. The van der Waals surface area contributed by atoms with Gasteiger partial charge in [0.1, 0.15) is 35.9 Å². The summed E-state index contributed by atoms with van der Waals surface area (Å²) in [6, 6.07) is 3.12. The van der Waals surface area contributed by atoms with E-state index in [0.29, 0.717) is 42.1 Å². The molecule has 0 fully saturated rings. The summed E-state index contributed by atoms with van der Waals surface area (Å²) in [5.74, 6) is -6.42. The number of hydrogen-bond acceptors (Lipinski definition) is 12. The largest absolute Gasteiger partial charge is 0.456 e. The van der Waals surface area contributed by atoms with Gasteiger partial charge >= 0.3 is 18.0 Å². The minimum atomic E-state index is -1.67. The van der Waals surface area contributed by atoms with Crippen LogP contribution in [0, 0.1) is 17.8 Å². The summed E-state index contributed by atoms with van der Waals surface area (Å²) in [6.07, 6.45) is 2.84. The van der Waals surface area contributed by atoms with Crippen LogP contribution >= 0.6 is 11.6 Å². The number of benzene rings is 1. The molecule has 1 aliphatic heterocycles. The van der Waals surface area contributed by atoms with Crippen molar-refractivity contribution in [3.05, 3.63) is 58.1 Å². The average molecular weight is 1090 g/mol. The molecular weight excluding hydrogens is 998 g/mol. The van der Waals surface area contributed by atoms with Crippen LogP contribution in [0.25, 0.3) is 0 Å². The first-order valence-electron chi connectivity index (χ1n) is 26.5. The van der Waals surface area contributed by atoms with Crippen LogP contribution in [0.5, 0.6) is 0 Å². The number of nitrogens with one attached hydrogen (secondary N) is 3. The Hall–Kier alpha value is -5.98. The molecule has 76 heavy (non-hydrogen) atoms. The van der Waals surface area contributed by atoms with Crippen LogP contribution in [0.3, 0.4) is 0 Å². The van der Waals surface area contributed by atoms with Crippen LogP contribution in [0.2, 0.25) is 5.02 Å². The van der Waals surface area contributed by atoms with Crippen molar-refractivity contribution in [1.82, 2.24) is 35.6 Å². The van der Waals surface area contributed by atoms with E-state index in [1.165, 1.54) is 64.6 Å². The lowest BCUT2D eigenvalue weighted by Crippen LogP contribution is -2.60. The molecule has 8 atom stereocenters. The van der Waals surface area contributed by atoms with E-state index in [2.05, 4.69) is 16.0 Å². The maximum atomic E-state index is 14.4. The van der Waals surface area contributed by atoms with E-state index in [0.717, 1.165) is 24.2 Å². The minimum absolute atomic E-state index is 0.000215. The number of allylic oxidation sites excluding steroid dienone is 1. The number of carbonyl (C=O) groups is 9. The second kappa shape index (κ2) is 31.3. The van der Waals surface area contributed by atoms with Gasteiger partial charge in [0.15, 0.2) is 6.10 Å². The van der Waals surface area contributed by atoms with Gasteiger partial charge in [-0.1, -0.05) is 89.8 Å². The summed E-state index contributed by atoms with van der Waals surface area (Å²) in [5.41, 5.74) is -0.347. The van der Waals surface area contributed by atoms with Gasteiger partial charge in [-0.25, -0.2) is 14.4 Å². The third-order valence-corrected chi connectivity index (χ3v) is 14.2. The quantitative estimate of drug-likeness (QED) is 0.0751. The number of esters is 2. The van der Waals surface area contributed by atoms with Gasteiger partial charge in [-0.3, -0.25) is 28.8 Å². The predicted molar refractivity (Wildman–Crippen MR) is 291 cm³/mol. The molecule has 2 rings (SSSR count). The van der Waals surface area contributed by atoms with E-state index in [4.69, 9.17) is 25.8 Å². The Morgan fingerprint density at radius 2 is 1.47 bits per heavy atom. The Balaban J connectivity index is 2.72. The Bertz CT molecular complexity index is 2230. The first kappa shape index (κ1) is 66.1. The average Bonchev–Trinajstić information content (AvgIpc) is 3.36. The highest BCUT2D eigenvalue weighted by Gasteiger charge is 2.41. The SMILES string of the molecule is C/C=C(\C)[C@H]1OC(=O)C(C)(C)NC(=O)[C@H](C(C)CC)NC(=O)CN(C)C(=O)[C@@H](Cc2ccc(Cl)cc2)N(C)C(=O)[C@H](C)NC(=O)[C@@H](CC(C)C)OC(=O)/C(C)=C/C[C@H](OC(=O)N(C)CCCCCCN(C)C(C)=O)[C@@H]1C. The zero-order valence-electron chi connectivity index (χ0n) is 48.0. The Kier molecular flexibility index (Phi) is 27.2. The molecule has 0 aliphatic carbocycles. The number of ether oxygens (including phenoxy) is 3. The summed E-state index contributed by atoms with van der Waals surface area (Å²) >= 11 is 6.16. The molecule has 0 saturated carbocycles. The number of rotatable bonds is 15. The number of nitrogens with zero attached hydrogens (tertiary/aromatic N) is 4. The maximum absolute atomic E-state index is 14.4. The molecule has 1 aromatic rings. The van der Waals surface area contributed by atoms with E-state index in [-0.39, 0.29) is 36.7 Å². The topological polar surface area (TPSA) is 230 Å². The van der Waals surface area contributed by atoms with Crippen LogP contribution in [0.1, 0.15) is 134 Å². The van der Waals surface area contributed by atoms with Gasteiger partial charge in [0.05, 0.1) is 6.54 Å². The molecule has 0 bridgehead atoms. The fourth-order valence-corrected chi connectivity index (χ4v) is 8.45. The van der Waals surface area contributed by atoms with Gasteiger partial charge in [-0.05, 0) is 95.9 Å². The molecule has 0 saturated heterocycles. The van der Waals surface area contributed by atoms with E-state index >= 15 is 0 Å². The van der Waals surface area contributed by atoms with Crippen molar-refractivity contribution in [3.63, 3.8) is 0 Å². The van der Waals surface area contributed by atoms with Crippen molar-refractivity contribution in [3.8, 4) is 0 Å². The molecule has 1 aromatic carbocycles. The fraction of sp³-hybridized carbons (Fsp3) is 0.661. The minimum Gasteiger partial charge on any atom is -0.456 e. The lowest BCUT2D eigenvalue weighted by molar-refractivity contribution is -0.160. The monoisotopic (exact) mass is 1090 g/mol. The maximum Gasteiger partial charge on any atom is 0.409 e. The van der Waals surface area contributed by atoms with E-state index in [9.17, 15) is 43.2 Å². The van der Waals surface area contributed by atoms with Crippen molar-refractivity contribution < 1.29 is 57.4 Å². The van der Waals surface area contributed by atoms with E-state index in [1.54, 1.807) is 77.0 Å². The predicted octanol–water partition coefficient (Wildman–Crippen LogP) is 6.40. The molecule has 1 heterocycles. The standard InChI is InChI=1S/C56H88ClN7O12/c1-17-35(5)47-50(68)60-56(11,12)54(72)76-48(36(6)18-2)38(8)44(75-55(73)62(14)30-22-20-19-21-29-61(13)40(10)65)28-23-37(7)53(71)74-45(31-34(3)4)49(67)58-39(9)51(69)64(16)43(32-41-24-26-42(57)27-25-41)52(70)63(15)33-46(66)59-47/h18,23-27,34-35,38-39,43-45,47-48H,17,19-22,28-33H2,1-16H3,(H,58,67)(H,59,66)(H,60,68)/b36-18+,37-23+/t35?,38-,39-,43+,44-,45+,47-,48+/m0/s1. The molecule has 0 aromatic heterocycles. The van der Waals surface area contributed by atoms with Crippen LogP contribution < -0.4 is 16.0 Å². The number of carbonyl (C=O) groups excluding carboxylic acids is 9. The van der Waals surface area contributed by atoms with Crippen LogP contribution in [-0.2, 0) is 59.0 Å². The van der Waals surface area contributed by atoms with Crippen molar-refractivity contribution in [2.75, 3.05) is 47.8 Å². The van der Waals surface area contributed by atoms with E-state index < -0.39 is 108 Å². The lowest BCUT2D eigenvalue weighted by atomic mass is 9.90. The molecule has 20 heteroatoms. The van der Waals surface area contributed by atoms with Gasteiger partial charge in [-0.2, -0.15) is 0 Å². The molecule has 0 spiro atoms. The first-order chi connectivity index (χ1) is 35.4. The zero-order valence-corrected chi connectivity index (χ0v) is 48.8. The molecule has 1 aliphatic rings. The number of halogens is 1. The van der Waals surface area contributed by atoms with Crippen molar-refractivity contribution >= 4 is 65.1 Å². The zero-order chi connectivity index (χ0) is 57.8. The van der Waals surface area contributed by atoms with Gasteiger partial charge in [0.25, 0.3) is 5.91 Å². The Morgan fingerprint density at radius 3 is 2.03 bits per heavy atom. The van der Waals surface area contributed by atoms with Crippen LogP contribution in [0.15, 0.2) is 47.6 Å². The number of cyclic esters (lactones) is 2. The number of likely N-dealkylation sites (N-methyl/N-ethyl adjacent to an activating group) is 2. The van der Waals surface area contributed by atoms with Gasteiger partial charge in [-0.15, -0.1) is 0 Å². The highest BCUT2D eigenvalue weighted by atomic mass is 35.5. The third-order valence-electron chi connectivity index (χ3n) is 13.9. The van der Waals surface area contributed by atoms with Crippen molar-refractivity contribution in [2.45, 2.75) is 176 Å². The molecule has 0 radical (unpaired) electrons. The normalized spacial score (nSPS) is 24.6. The second-order valence-corrected chi connectivity index (χ2v) is 21.8. The van der Waals surface area contributed by atoms with E-state index in [1.807, 2.05) is 20.8 Å². The third kappa shape index (κ3) is 20.9. The highest BCUT2D eigenvalue weighted by molar-refractivity contribution is 6.30. The molecule has 1 unspecified atom stereocenters. The molecule has 426 valence electrons. The fourth-order valence-electron chi connectivity index (χ4n) is 8.33. The lowest BCUT2D eigenvalue weighted by Gasteiger charge is -2.35. The molecule has 19 nitrogen and oxygen atoms in total. The number of hydrogen-bond donors (Lipinski definition) is 3. The molecular formula is C56H88ClN7O12. The summed E-state index contributed by atoms with van der Waals surface area (Å²) in [7, 11) is 6.16. The van der Waals surface area contributed by atoms with Crippen molar-refractivity contribution in [1.29, 1.82) is 0 Å². The summed E-state index contributed by atoms with van der Waals surface area (Å²) in [6.45, 7) is 20.4. The Labute approximate surface area is 456 Å². The highest BCUT2D eigenvalue weighted by Crippen LogP contribution is 2.28. The van der Waals surface area contributed by atoms with Gasteiger partial charge in [0.2, 0.25) is 29.5 Å². The first-order valence-corrected chi connectivity index (χ1v) is 26.9. The van der Waals surface area contributed by atoms with Crippen molar-refractivity contribution in [2.24, 2.45) is 17.8 Å². The number of amides is 7. The van der Waals surface area contributed by atoms with Gasteiger partial charge < -0.3 is 49.8 Å². The second-order valence-electron chi connectivity index (χ2n) is 21.3. The van der Waals surface area contributed by atoms with Gasteiger partial charge in [0, 0.05) is 77.6 Å². The van der Waals surface area contributed by atoms with Crippen LogP contribution in [-0.4, -0.2) is 163 Å². The van der Waals surface area contributed by atoms with Crippen LogP contribution in [0.4, 0.5) is 4.79 Å². The summed E-state index contributed by atoms with van der Waals surface area (Å²) in [4.78, 5) is 130. The summed E-state index contributed by atoms with van der Waals surface area (Å²) < 4.78 is 18.3. The molecule has 7 amide bonds. The molecule has 3 N–H and O–H groups in total.